The first-order chi connectivity index (χ1) is 14.8. The number of fused-ring (bicyclic) bond motifs is 1. The molecule has 2 heterocycles. The maximum atomic E-state index is 13.1. The summed E-state index contributed by atoms with van der Waals surface area (Å²) in [7, 11) is -4.09. The lowest BCUT2D eigenvalue weighted by molar-refractivity contribution is -0.143. The molecule has 0 amide bonds. The Balaban J connectivity index is 1.70. The van der Waals surface area contributed by atoms with Crippen LogP contribution < -0.4 is 4.74 Å². The molecule has 1 aliphatic heterocycles. The van der Waals surface area contributed by atoms with Gasteiger partial charge in [-0.25, -0.2) is 8.42 Å². The van der Waals surface area contributed by atoms with Gasteiger partial charge >= 0.3 is 11.9 Å². The molecule has 1 atom stereocenters. The van der Waals surface area contributed by atoms with Gasteiger partial charge in [-0.1, -0.05) is 0 Å². The monoisotopic (exact) mass is 449 g/mol. The second-order valence-corrected chi connectivity index (χ2v) is 8.68. The van der Waals surface area contributed by atoms with Crippen molar-refractivity contribution in [1.29, 1.82) is 0 Å². The number of benzene rings is 1. The summed E-state index contributed by atoms with van der Waals surface area (Å²) in [4.78, 5) is 31.2. The first kappa shape index (κ1) is 22.6. The lowest BCUT2D eigenvalue weighted by atomic mass is 10.1. The Kier molecular flexibility index (Phi) is 7.18. The molecule has 0 unspecified atom stereocenters. The molecule has 10 nitrogen and oxygen atoms in total. The molecule has 31 heavy (non-hydrogen) atoms. The van der Waals surface area contributed by atoms with E-state index in [2.05, 4.69) is 9.97 Å². The fourth-order valence-corrected chi connectivity index (χ4v) is 4.73. The van der Waals surface area contributed by atoms with Crippen molar-refractivity contribution < 1.29 is 32.6 Å². The number of hydrogen-bond acceptors (Lipinski definition) is 8. The van der Waals surface area contributed by atoms with Gasteiger partial charge in [-0.2, -0.15) is 4.31 Å². The van der Waals surface area contributed by atoms with Crippen molar-refractivity contribution in [3.05, 3.63) is 48.0 Å². The molecule has 0 radical (unpaired) electrons. The number of carboxylic acid groups (broad SMARTS) is 1. The van der Waals surface area contributed by atoms with E-state index >= 15 is 0 Å². The first-order valence-corrected chi connectivity index (χ1v) is 11.2. The standard InChI is InChI=1S/C20H23N3O7S/c1-2-29-19(24)4-3-11-30-14-5-7-15(8-6-14)31(27,28)23-13-17-16(21-9-10-22-17)12-18(23)20(25)26/h5-10,18H,2-4,11-13H2,1H3,(H,25,26)/t18-/m1/s1. The van der Waals surface area contributed by atoms with Crippen molar-refractivity contribution >= 4 is 22.0 Å². The number of aliphatic carboxylic acids is 1. The molecular weight excluding hydrogens is 426 g/mol. The summed E-state index contributed by atoms with van der Waals surface area (Å²) >= 11 is 0. The lowest BCUT2D eigenvalue weighted by Gasteiger charge is -2.32. The summed E-state index contributed by atoms with van der Waals surface area (Å²) in [5, 5.41) is 9.57. The highest BCUT2D eigenvalue weighted by Crippen LogP contribution is 2.28. The highest BCUT2D eigenvalue weighted by molar-refractivity contribution is 7.89. The number of aromatic nitrogens is 2. The van der Waals surface area contributed by atoms with Gasteiger partial charge in [-0.3, -0.25) is 19.6 Å². The maximum absolute atomic E-state index is 13.1. The van der Waals surface area contributed by atoms with E-state index in [1.54, 1.807) is 6.92 Å². The van der Waals surface area contributed by atoms with E-state index in [1.165, 1.54) is 36.7 Å². The molecule has 0 saturated carbocycles. The highest BCUT2D eigenvalue weighted by Gasteiger charge is 2.40. The van der Waals surface area contributed by atoms with Crippen LogP contribution in [0.15, 0.2) is 41.6 Å². The van der Waals surface area contributed by atoms with Crippen LogP contribution in [0.25, 0.3) is 0 Å². The number of rotatable bonds is 9. The normalized spacial score (nSPS) is 16.4. The van der Waals surface area contributed by atoms with Gasteiger partial charge in [-0.05, 0) is 37.6 Å². The van der Waals surface area contributed by atoms with E-state index in [0.29, 0.717) is 30.2 Å². The van der Waals surface area contributed by atoms with E-state index < -0.39 is 22.0 Å². The molecule has 1 aliphatic rings. The van der Waals surface area contributed by atoms with Crippen LogP contribution in [0.4, 0.5) is 0 Å². The third kappa shape index (κ3) is 5.36. The van der Waals surface area contributed by atoms with Gasteiger partial charge < -0.3 is 14.6 Å². The van der Waals surface area contributed by atoms with Crippen LogP contribution in [0.3, 0.4) is 0 Å². The lowest BCUT2D eigenvalue weighted by Crippen LogP contribution is -2.49. The molecule has 0 saturated heterocycles. The number of ether oxygens (including phenoxy) is 2. The summed E-state index contributed by atoms with van der Waals surface area (Å²) < 4.78 is 37.6. The molecule has 1 aromatic heterocycles. The van der Waals surface area contributed by atoms with Crippen molar-refractivity contribution in [3.8, 4) is 5.75 Å². The second-order valence-electron chi connectivity index (χ2n) is 6.79. The largest absolute Gasteiger partial charge is 0.494 e. The Labute approximate surface area is 179 Å². The summed E-state index contributed by atoms with van der Waals surface area (Å²) in [6.07, 6.45) is 3.54. The highest BCUT2D eigenvalue weighted by atomic mass is 32.2. The number of carboxylic acids is 1. The van der Waals surface area contributed by atoms with Crippen molar-refractivity contribution in [1.82, 2.24) is 14.3 Å². The smallest absolute Gasteiger partial charge is 0.322 e. The van der Waals surface area contributed by atoms with Crippen LogP contribution in [0.1, 0.15) is 31.2 Å². The van der Waals surface area contributed by atoms with Crippen LogP contribution in [0.5, 0.6) is 5.75 Å². The summed E-state index contributed by atoms with van der Waals surface area (Å²) in [5.41, 5.74) is 0.915. The molecule has 0 spiro atoms. The zero-order valence-electron chi connectivity index (χ0n) is 16.9. The van der Waals surface area contributed by atoms with Gasteiger partial charge in [0.15, 0.2) is 0 Å². The Morgan fingerprint density at radius 1 is 1.16 bits per heavy atom. The van der Waals surface area contributed by atoms with Crippen molar-refractivity contribution in [3.63, 3.8) is 0 Å². The SMILES string of the molecule is CCOC(=O)CCCOc1ccc(S(=O)(=O)N2Cc3nccnc3C[C@@H]2C(=O)O)cc1. The summed E-state index contributed by atoms with van der Waals surface area (Å²) in [6.45, 7) is 2.16. The van der Waals surface area contributed by atoms with E-state index in [1.807, 2.05) is 0 Å². The predicted molar refractivity (Wildman–Crippen MR) is 108 cm³/mol. The number of sulfonamides is 1. The van der Waals surface area contributed by atoms with Gasteiger partial charge in [0.25, 0.3) is 0 Å². The van der Waals surface area contributed by atoms with E-state index in [4.69, 9.17) is 9.47 Å². The van der Waals surface area contributed by atoms with E-state index in [-0.39, 0.29) is 36.9 Å². The van der Waals surface area contributed by atoms with Crippen LogP contribution in [-0.4, -0.2) is 59.0 Å². The Morgan fingerprint density at radius 3 is 2.48 bits per heavy atom. The molecular formula is C20H23N3O7S. The second kappa shape index (κ2) is 9.84. The zero-order chi connectivity index (χ0) is 22.4. The molecule has 2 aromatic rings. The van der Waals surface area contributed by atoms with Crippen LogP contribution >= 0.6 is 0 Å². The predicted octanol–water partition coefficient (Wildman–Crippen LogP) is 1.40. The number of nitrogens with zero attached hydrogens (tertiary/aromatic N) is 3. The number of esters is 1. The first-order valence-electron chi connectivity index (χ1n) is 9.74. The molecule has 0 fully saturated rings. The Hall–Kier alpha value is -3.05. The minimum Gasteiger partial charge on any atom is -0.494 e. The molecule has 0 aliphatic carbocycles. The van der Waals surface area contributed by atoms with Crippen molar-refractivity contribution in [2.75, 3.05) is 13.2 Å². The van der Waals surface area contributed by atoms with Crippen LogP contribution in [0.2, 0.25) is 0 Å². The van der Waals surface area contributed by atoms with Crippen molar-refractivity contribution in [2.24, 2.45) is 0 Å². The van der Waals surface area contributed by atoms with Crippen LogP contribution in [0, 0.1) is 0 Å². The van der Waals surface area contributed by atoms with Gasteiger partial charge in [0, 0.05) is 25.2 Å². The number of hydrogen-bond donors (Lipinski definition) is 1. The molecule has 166 valence electrons. The molecule has 1 aromatic carbocycles. The minimum atomic E-state index is -4.09. The molecule has 3 rings (SSSR count). The number of carbonyl (C=O) groups excluding carboxylic acids is 1. The molecule has 0 bridgehead atoms. The van der Waals surface area contributed by atoms with Gasteiger partial charge in [0.1, 0.15) is 11.8 Å². The third-order valence-electron chi connectivity index (χ3n) is 4.72. The number of carbonyl (C=O) groups is 2. The fourth-order valence-electron chi connectivity index (χ4n) is 3.19. The van der Waals surface area contributed by atoms with E-state index in [0.717, 1.165) is 4.31 Å². The van der Waals surface area contributed by atoms with Gasteiger partial charge in [0.2, 0.25) is 10.0 Å². The minimum absolute atomic E-state index is 0.0510. The summed E-state index contributed by atoms with van der Waals surface area (Å²) in [5.74, 6) is -1.11. The average Bonchev–Trinajstić information content (AvgIpc) is 2.76. The van der Waals surface area contributed by atoms with Gasteiger partial charge in [-0.15, -0.1) is 0 Å². The topological polar surface area (TPSA) is 136 Å². The molecule has 11 heteroatoms. The third-order valence-corrected chi connectivity index (χ3v) is 6.58. The van der Waals surface area contributed by atoms with Crippen molar-refractivity contribution in [2.45, 2.75) is 43.7 Å². The fraction of sp³-hybridized carbons (Fsp3) is 0.400. The zero-order valence-corrected chi connectivity index (χ0v) is 17.7. The summed E-state index contributed by atoms with van der Waals surface area (Å²) in [6, 6.07) is 4.44. The van der Waals surface area contributed by atoms with Gasteiger partial charge in [0.05, 0.1) is 36.0 Å². The quantitative estimate of drug-likeness (QED) is 0.445. The Bertz CT molecular complexity index is 1040. The van der Waals surface area contributed by atoms with E-state index in [9.17, 15) is 23.1 Å². The van der Waals surface area contributed by atoms with Crippen LogP contribution in [-0.2, 0) is 37.3 Å². The average molecular weight is 449 g/mol. The molecule has 1 N–H and O–H groups in total. The Morgan fingerprint density at radius 2 is 1.84 bits per heavy atom. The maximum Gasteiger partial charge on any atom is 0.322 e.